The maximum Gasteiger partial charge on any atom is 0.161 e. The van der Waals surface area contributed by atoms with Crippen molar-refractivity contribution in [1.29, 1.82) is 5.41 Å². The van der Waals surface area contributed by atoms with Gasteiger partial charge in [-0.05, 0) is 25.2 Å². The van der Waals surface area contributed by atoms with Crippen molar-refractivity contribution < 1.29 is 9.84 Å². The number of phenols is 1. The molecule has 0 bridgehead atoms. The van der Waals surface area contributed by atoms with Gasteiger partial charge in [0, 0.05) is 31.7 Å². The molecule has 0 radical (unpaired) electrons. The van der Waals surface area contributed by atoms with E-state index in [1.165, 1.54) is 7.11 Å². The second kappa shape index (κ2) is 5.27. The quantitative estimate of drug-likeness (QED) is 0.606. The highest BCUT2D eigenvalue weighted by atomic mass is 16.5. The van der Waals surface area contributed by atoms with E-state index in [2.05, 4.69) is 11.9 Å². The number of likely N-dealkylation sites (N-methyl/N-ethyl adjacent to an activating group) is 1. The molecular weight excluding hydrogens is 230 g/mol. The molecule has 0 unspecified atom stereocenters. The SMILES string of the molecule is COc1cc(C(=N)N2CCN(C)CC2)ccc1O. The summed E-state index contributed by atoms with van der Waals surface area (Å²) < 4.78 is 5.07. The first-order valence-electron chi connectivity index (χ1n) is 6.01. The molecule has 1 saturated heterocycles. The van der Waals surface area contributed by atoms with E-state index in [0.717, 1.165) is 31.7 Å². The van der Waals surface area contributed by atoms with Gasteiger partial charge < -0.3 is 19.6 Å². The lowest BCUT2D eigenvalue weighted by atomic mass is 10.1. The fourth-order valence-corrected chi connectivity index (χ4v) is 2.04. The first-order valence-corrected chi connectivity index (χ1v) is 6.01. The normalized spacial score (nSPS) is 16.7. The predicted molar refractivity (Wildman–Crippen MR) is 70.6 cm³/mol. The number of hydrogen-bond donors (Lipinski definition) is 2. The Kier molecular flexibility index (Phi) is 3.72. The number of nitrogens with one attached hydrogen (secondary N) is 1. The fraction of sp³-hybridized carbons (Fsp3) is 0.462. The molecule has 1 aromatic carbocycles. The smallest absolute Gasteiger partial charge is 0.161 e. The molecule has 5 nitrogen and oxygen atoms in total. The summed E-state index contributed by atoms with van der Waals surface area (Å²) in [7, 11) is 3.60. The van der Waals surface area contributed by atoms with Gasteiger partial charge in [-0.3, -0.25) is 5.41 Å². The van der Waals surface area contributed by atoms with Gasteiger partial charge in [-0.25, -0.2) is 0 Å². The van der Waals surface area contributed by atoms with Crippen LogP contribution in [0.2, 0.25) is 0 Å². The number of phenolic OH excluding ortho intramolecular Hbond substituents is 1. The van der Waals surface area contributed by atoms with Crippen LogP contribution in [0.1, 0.15) is 5.56 Å². The van der Waals surface area contributed by atoms with E-state index in [1.807, 2.05) is 4.90 Å². The minimum Gasteiger partial charge on any atom is -0.504 e. The van der Waals surface area contributed by atoms with Crippen LogP contribution in [-0.2, 0) is 0 Å². The monoisotopic (exact) mass is 249 g/mol. The molecule has 18 heavy (non-hydrogen) atoms. The van der Waals surface area contributed by atoms with Crippen LogP contribution in [0.15, 0.2) is 18.2 Å². The molecule has 1 aromatic rings. The minimum absolute atomic E-state index is 0.104. The molecule has 0 atom stereocenters. The molecule has 1 fully saturated rings. The third-order valence-electron chi connectivity index (χ3n) is 3.27. The van der Waals surface area contributed by atoms with Crippen molar-refractivity contribution >= 4 is 5.84 Å². The number of rotatable bonds is 2. The Morgan fingerprint density at radius 3 is 2.56 bits per heavy atom. The van der Waals surface area contributed by atoms with Crippen molar-refractivity contribution in [2.24, 2.45) is 0 Å². The lowest BCUT2D eigenvalue weighted by Gasteiger charge is -2.34. The molecular formula is C13H19N3O2. The average Bonchev–Trinajstić information content (AvgIpc) is 2.39. The van der Waals surface area contributed by atoms with Gasteiger partial charge >= 0.3 is 0 Å². The van der Waals surface area contributed by atoms with Crippen molar-refractivity contribution in [3.05, 3.63) is 23.8 Å². The summed E-state index contributed by atoms with van der Waals surface area (Å²) in [5.74, 6) is 1.00. The first-order chi connectivity index (χ1) is 8.61. The van der Waals surface area contributed by atoms with E-state index < -0.39 is 0 Å². The maximum atomic E-state index is 9.55. The standard InChI is InChI=1S/C13H19N3O2/c1-15-5-7-16(8-6-15)13(14)10-3-4-11(17)12(9-10)18-2/h3-4,9,14,17H,5-8H2,1-2H3. The van der Waals surface area contributed by atoms with Crippen molar-refractivity contribution in [3.63, 3.8) is 0 Å². The highest BCUT2D eigenvalue weighted by molar-refractivity contribution is 5.97. The van der Waals surface area contributed by atoms with E-state index in [4.69, 9.17) is 10.1 Å². The number of piperazine rings is 1. The van der Waals surface area contributed by atoms with Gasteiger partial charge in [0.2, 0.25) is 0 Å². The summed E-state index contributed by atoms with van der Waals surface area (Å²) >= 11 is 0. The molecule has 0 spiro atoms. The molecule has 0 aliphatic carbocycles. The molecule has 1 heterocycles. The molecule has 2 rings (SSSR count). The van der Waals surface area contributed by atoms with Crippen molar-refractivity contribution in [2.45, 2.75) is 0 Å². The molecule has 1 aliphatic heterocycles. The van der Waals surface area contributed by atoms with Gasteiger partial charge in [0.05, 0.1) is 7.11 Å². The molecule has 98 valence electrons. The summed E-state index contributed by atoms with van der Waals surface area (Å²) in [6.45, 7) is 3.66. The maximum absolute atomic E-state index is 9.55. The lowest BCUT2D eigenvalue weighted by Crippen LogP contribution is -2.47. The predicted octanol–water partition coefficient (Wildman–Crippen LogP) is 0.974. The largest absolute Gasteiger partial charge is 0.504 e. The summed E-state index contributed by atoms with van der Waals surface area (Å²) in [5.41, 5.74) is 0.772. The number of hydrogen-bond acceptors (Lipinski definition) is 4. The molecule has 5 heteroatoms. The number of methoxy groups -OCH3 is 1. The zero-order valence-electron chi connectivity index (χ0n) is 10.8. The number of nitrogens with zero attached hydrogens (tertiary/aromatic N) is 2. The Labute approximate surface area is 107 Å². The number of benzene rings is 1. The lowest BCUT2D eigenvalue weighted by molar-refractivity contribution is 0.215. The second-order valence-corrected chi connectivity index (χ2v) is 4.53. The van der Waals surface area contributed by atoms with Crippen LogP contribution in [0.25, 0.3) is 0 Å². The van der Waals surface area contributed by atoms with Crippen molar-refractivity contribution in [3.8, 4) is 11.5 Å². The first kappa shape index (κ1) is 12.7. The summed E-state index contributed by atoms with van der Waals surface area (Å²) in [6, 6.07) is 5.02. The van der Waals surface area contributed by atoms with Crippen molar-refractivity contribution in [2.75, 3.05) is 40.3 Å². The van der Waals surface area contributed by atoms with Gasteiger partial charge in [0.15, 0.2) is 11.5 Å². The van der Waals surface area contributed by atoms with Gasteiger partial charge in [-0.15, -0.1) is 0 Å². The highest BCUT2D eigenvalue weighted by Gasteiger charge is 2.18. The molecule has 0 aromatic heterocycles. The minimum atomic E-state index is 0.104. The highest BCUT2D eigenvalue weighted by Crippen LogP contribution is 2.26. The fourth-order valence-electron chi connectivity index (χ4n) is 2.04. The Morgan fingerprint density at radius 2 is 1.94 bits per heavy atom. The second-order valence-electron chi connectivity index (χ2n) is 4.53. The number of amidine groups is 1. The van der Waals surface area contributed by atoms with Crippen LogP contribution < -0.4 is 4.74 Å². The number of ether oxygens (including phenoxy) is 1. The van der Waals surface area contributed by atoms with Gasteiger partial charge in [0.1, 0.15) is 5.84 Å². The Bertz CT molecular complexity index is 440. The van der Waals surface area contributed by atoms with E-state index in [9.17, 15) is 5.11 Å². The molecule has 2 N–H and O–H groups in total. The van der Waals surface area contributed by atoms with E-state index in [1.54, 1.807) is 18.2 Å². The number of aromatic hydroxyl groups is 1. The van der Waals surface area contributed by atoms with E-state index in [-0.39, 0.29) is 5.75 Å². The van der Waals surface area contributed by atoms with Gasteiger partial charge in [0.25, 0.3) is 0 Å². The molecule has 0 saturated carbocycles. The van der Waals surface area contributed by atoms with Crippen LogP contribution in [-0.4, -0.2) is 61.1 Å². The van der Waals surface area contributed by atoms with Crippen LogP contribution in [0.4, 0.5) is 0 Å². The van der Waals surface area contributed by atoms with E-state index in [0.29, 0.717) is 11.6 Å². The summed E-state index contributed by atoms with van der Waals surface area (Å²) in [5, 5.41) is 17.7. The Morgan fingerprint density at radius 1 is 1.28 bits per heavy atom. The van der Waals surface area contributed by atoms with Crippen LogP contribution >= 0.6 is 0 Å². The van der Waals surface area contributed by atoms with Gasteiger partial charge in [-0.1, -0.05) is 0 Å². The van der Waals surface area contributed by atoms with E-state index >= 15 is 0 Å². The van der Waals surface area contributed by atoms with Crippen LogP contribution in [0, 0.1) is 5.41 Å². The van der Waals surface area contributed by atoms with Crippen LogP contribution in [0.5, 0.6) is 11.5 Å². The Hall–Kier alpha value is -1.75. The van der Waals surface area contributed by atoms with Gasteiger partial charge in [-0.2, -0.15) is 0 Å². The third kappa shape index (κ3) is 2.56. The third-order valence-corrected chi connectivity index (χ3v) is 3.27. The van der Waals surface area contributed by atoms with Crippen molar-refractivity contribution in [1.82, 2.24) is 9.80 Å². The van der Waals surface area contributed by atoms with Crippen LogP contribution in [0.3, 0.4) is 0 Å². The topological polar surface area (TPSA) is 59.8 Å². The summed E-state index contributed by atoms with van der Waals surface area (Å²) in [6.07, 6.45) is 0. The molecule has 1 aliphatic rings. The zero-order valence-corrected chi connectivity index (χ0v) is 10.8. The Balaban J connectivity index is 2.13. The molecule has 0 amide bonds. The zero-order chi connectivity index (χ0) is 13.1. The average molecular weight is 249 g/mol. The summed E-state index contributed by atoms with van der Waals surface area (Å²) in [4.78, 5) is 4.30.